The maximum absolute atomic E-state index is 13.3. The number of nitrogens with one attached hydrogen (secondary N) is 1. The summed E-state index contributed by atoms with van der Waals surface area (Å²) in [5.74, 6) is 1.20. The zero-order chi connectivity index (χ0) is 19.8. The summed E-state index contributed by atoms with van der Waals surface area (Å²) in [6.07, 6.45) is 3.08. The zero-order valence-corrected chi connectivity index (χ0v) is 16.8. The minimum absolute atomic E-state index is 0.0667. The first-order valence-electron chi connectivity index (χ1n) is 9.80. The minimum atomic E-state index is -0.0759. The molecule has 0 aliphatic heterocycles. The molecule has 1 N–H and O–H groups in total. The van der Waals surface area contributed by atoms with E-state index >= 15 is 0 Å². The van der Waals surface area contributed by atoms with E-state index in [2.05, 4.69) is 17.3 Å². The van der Waals surface area contributed by atoms with Crippen molar-refractivity contribution in [2.45, 2.75) is 45.1 Å². The van der Waals surface area contributed by atoms with Gasteiger partial charge >= 0.3 is 0 Å². The average molecular weight is 378 g/mol. The van der Waals surface area contributed by atoms with Gasteiger partial charge < -0.3 is 10.1 Å². The van der Waals surface area contributed by atoms with Crippen molar-refractivity contribution in [3.05, 3.63) is 52.8 Å². The number of rotatable bonds is 6. The number of aryl methyl sites for hydroxylation is 2. The number of nitrogens with zero attached hydrogens (tertiary/aromatic N) is 3. The van der Waals surface area contributed by atoms with Crippen LogP contribution in [0.4, 0.5) is 0 Å². The summed E-state index contributed by atoms with van der Waals surface area (Å²) < 4.78 is 7.01. The number of ether oxygens (including phenoxy) is 1. The first-order valence-corrected chi connectivity index (χ1v) is 9.80. The summed E-state index contributed by atoms with van der Waals surface area (Å²) >= 11 is 0. The van der Waals surface area contributed by atoms with Crippen molar-refractivity contribution in [3.63, 3.8) is 0 Å². The maximum atomic E-state index is 13.3. The zero-order valence-electron chi connectivity index (χ0n) is 16.8. The molecule has 6 nitrogen and oxygen atoms in total. The predicted molar refractivity (Wildman–Crippen MR) is 109 cm³/mol. The van der Waals surface area contributed by atoms with Crippen LogP contribution < -0.4 is 10.1 Å². The lowest BCUT2D eigenvalue weighted by atomic mass is 10.0. The summed E-state index contributed by atoms with van der Waals surface area (Å²) in [6, 6.07) is 9.74. The molecule has 0 saturated heterocycles. The molecule has 2 aromatic heterocycles. The quantitative estimate of drug-likeness (QED) is 0.703. The van der Waals surface area contributed by atoms with Gasteiger partial charge in [0.2, 0.25) is 0 Å². The van der Waals surface area contributed by atoms with Gasteiger partial charge in [0.05, 0.1) is 29.8 Å². The molecule has 2 heterocycles. The molecule has 0 spiro atoms. The third kappa shape index (κ3) is 3.35. The molecule has 3 aromatic rings. The molecule has 1 aromatic carbocycles. The van der Waals surface area contributed by atoms with Gasteiger partial charge in [-0.3, -0.25) is 9.48 Å². The van der Waals surface area contributed by atoms with Gasteiger partial charge in [-0.25, -0.2) is 4.98 Å². The second-order valence-electron chi connectivity index (χ2n) is 7.48. The highest BCUT2D eigenvalue weighted by atomic mass is 16.5. The van der Waals surface area contributed by atoms with Gasteiger partial charge in [0.25, 0.3) is 5.91 Å². The highest BCUT2D eigenvalue weighted by molar-refractivity contribution is 6.06. The number of hydrogen-bond acceptors (Lipinski definition) is 4. The number of fused-ring (bicyclic) bond motifs is 1. The van der Waals surface area contributed by atoms with Crippen molar-refractivity contribution in [2.24, 2.45) is 7.05 Å². The number of benzene rings is 1. The van der Waals surface area contributed by atoms with Crippen LogP contribution in [0.5, 0.6) is 5.75 Å². The van der Waals surface area contributed by atoms with Crippen molar-refractivity contribution in [2.75, 3.05) is 7.11 Å². The second-order valence-corrected chi connectivity index (χ2v) is 7.48. The molecule has 0 bridgehead atoms. The van der Waals surface area contributed by atoms with E-state index in [0.717, 1.165) is 53.0 Å². The van der Waals surface area contributed by atoms with Gasteiger partial charge in [0, 0.05) is 18.7 Å². The van der Waals surface area contributed by atoms with Gasteiger partial charge in [-0.2, -0.15) is 5.10 Å². The van der Waals surface area contributed by atoms with E-state index in [4.69, 9.17) is 9.72 Å². The number of aromatic nitrogens is 3. The Morgan fingerprint density at radius 2 is 2.04 bits per heavy atom. The Hall–Kier alpha value is -2.89. The molecule has 1 amide bonds. The van der Waals surface area contributed by atoms with E-state index in [1.54, 1.807) is 11.8 Å². The summed E-state index contributed by atoms with van der Waals surface area (Å²) in [5, 5.41) is 8.54. The second kappa shape index (κ2) is 7.26. The topological polar surface area (TPSA) is 69.0 Å². The molecule has 146 valence electrons. The largest absolute Gasteiger partial charge is 0.497 e. The van der Waals surface area contributed by atoms with Crippen LogP contribution in [0.2, 0.25) is 0 Å². The van der Waals surface area contributed by atoms with Crippen LogP contribution in [0, 0.1) is 6.92 Å². The van der Waals surface area contributed by atoms with Gasteiger partial charge in [-0.05, 0) is 49.9 Å². The predicted octanol–water partition coefficient (Wildman–Crippen LogP) is 4.04. The van der Waals surface area contributed by atoms with Gasteiger partial charge in [0.1, 0.15) is 5.75 Å². The summed E-state index contributed by atoms with van der Waals surface area (Å²) in [4.78, 5) is 18.1. The molecule has 1 aliphatic carbocycles. The fourth-order valence-corrected chi connectivity index (χ4v) is 3.72. The molecular formula is C22H26N4O2. The highest BCUT2D eigenvalue weighted by Gasteiger charge is 2.29. The van der Waals surface area contributed by atoms with Crippen LogP contribution >= 0.6 is 0 Å². The Morgan fingerprint density at radius 1 is 1.32 bits per heavy atom. The summed E-state index contributed by atoms with van der Waals surface area (Å²) in [6.45, 7) is 4.00. The molecule has 1 unspecified atom stereocenters. The number of methoxy groups -OCH3 is 1. The lowest BCUT2D eigenvalue weighted by molar-refractivity contribution is 0.0937. The Kier molecular flexibility index (Phi) is 4.79. The fraction of sp³-hybridized carbons (Fsp3) is 0.409. The van der Waals surface area contributed by atoms with Gasteiger partial charge in [-0.15, -0.1) is 0 Å². The van der Waals surface area contributed by atoms with E-state index < -0.39 is 0 Å². The first kappa shape index (κ1) is 18.5. The molecule has 4 rings (SSSR count). The number of carbonyl (C=O) groups is 1. The van der Waals surface area contributed by atoms with E-state index in [-0.39, 0.29) is 11.9 Å². The number of carbonyl (C=O) groups excluding carboxylic acids is 1. The Bertz CT molecular complexity index is 1020. The lowest BCUT2D eigenvalue weighted by Crippen LogP contribution is -2.28. The number of amides is 1. The van der Waals surface area contributed by atoms with Gasteiger partial charge in [0.15, 0.2) is 5.65 Å². The molecule has 1 atom stereocenters. The highest BCUT2D eigenvalue weighted by Crippen LogP contribution is 2.40. The number of pyridine rings is 1. The van der Waals surface area contributed by atoms with E-state index in [1.165, 1.54) is 0 Å². The SMILES string of the molecule is CCC(NC(=O)c1cc(C2CC2)nc2c1c(C)nn2C)c1ccc(OC)cc1. The van der Waals surface area contributed by atoms with Crippen molar-refractivity contribution in [1.82, 2.24) is 20.1 Å². The maximum Gasteiger partial charge on any atom is 0.252 e. The molecular weight excluding hydrogens is 352 g/mol. The normalized spacial score (nSPS) is 14.9. The smallest absolute Gasteiger partial charge is 0.252 e. The monoisotopic (exact) mass is 378 g/mol. The molecule has 1 fully saturated rings. The minimum Gasteiger partial charge on any atom is -0.497 e. The molecule has 1 saturated carbocycles. The van der Waals surface area contributed by atoms with Crippen LogP contribution in [-0.2, 0) is 7.05 Å². The van der Waals surface area contributed by atoms with Crippen molar-refractivity contribution < 1.29 is 9.53 Å². The first-order chi connectivity index (χ1) is 13.5. The van der Waals surface area contributed by atoms with Crippen LogP contribution in [0.3, 0.4) is 0 Å². The lowest BCUT2D eigenvalue weighted by Gasteiger charge is -2.18. The van der Waals surface area contributed by atoms with Crippen molar-refractivity contribution in [3.8, 4) is 5.75 Å². The van der Waals surface area contributed by atoms with Crippen LogP contribution in [-0.4, -0.2) is 27.8 Å². The molecule has 1 aliphatic rings. The van der Waals surface area contributed by atoms with E-state index in [1.807, 2.05) is 44.3 Å². The Morgan fingerprint density at radius 3 is 2.64 bits per heavy atom. The van der Waals surface area contributed by atoms with Crippen molar-refractivity contribution in [1.29, 1.82) is 0 Å². The third-order valence-electron chi connectivity index (χ3n) is 5.46. The number of hydrogen-bond donors (Lipinski definition) is 1. The van der Waals surface area contributed by atoms with Crippen molar-refractivity contribution >= 4 is 16.9 Å². The standard InChI is InChI=1S/C22H26N4O2/c1-5-18(14-8-10-16(28-4)11-9-14)24-22(27)17-12-19(15-6-7-15)23-21-20(17)13(2)25-26(21)3/h8-12,15,18H,5-7H2,1-4H3,(H,24,27). The summed E-state index contributed by atoms with van der Waals surface area (Å²) in [5.41, 5.74) is 4.34. The van der Waals surface area contributed by atoms with Gasteiger partial charge in [-0.1, -0.05) is 19.1 Å². The van der Waals surface area contributed by atoms with Crippen LogP contribution in [0.15, 0.2) is 30.3 Å². The molecule has 6 heteroatoms. The third-order valence-corrected chi connectivity index (χ3v) is 5.46. The van der Waals surface area contributed by atoms with E-state index in [0.29, 0.717) is 11.5 Å². The van der Waals surface area contributed by atoms with Crippen LogP contribution in [0.25, 0.3) is 11.0 Å². The average Bonchev–Trinajstić information content (AvgIpc) is 3.52. The summed E-state index contributed by atoms with van der Waals surface area (Å²) in [7, 11) is 3.53. The molecule has 28 heavy (non-hydrogen) atoms. The van der Waals surface area contributed by atoms with Crippen LogP contribution in [0.1, 0.15) is 65.5 Å². The Labute approximate surface area is 164 Å². The fourth-order valence-electron chi connectivity index (χ4n) is 3.72. The Balaban J connectivity index is 1.69. The molecule has 0 radical (unpaired) electrons. The van der Waals surface area contributed by atoms with E-state index in [9.17, 15) is 4.79 Å².